The summed E-state index contributed by atoms with van der Waals surface area (Å²) in [5, 5.41) is 10.1. The van der Waals surface area contributed by atoms with E-state index in [0.717, 1.165) is 27.7 Å². The zero-order valence-corrected chi connectivity index (χ0v) is 22.0. The Morgan fingerprint density at radius 2 is 1.82 bits per heavy atom. The summed E-state index contributed by atoms with van der Waals surface area (Å²) < 4.78 is 28.3. The first kappa shape index (κ1) is 26.7. The van der Waals surface area contributed by atoms with Crippen molar-refractivity contribution in [2.24, 2.45) is 0 Å². The van der Waals surface area contributed by atoms with Gasteiger partial charge < -0.3 is 23.4 Å². The predicted octanol–water partition coefficient (Wildman–Crippen LogP) is 5.88. The highest BCUT2D eigenvalue weighted by Gasteiger charge is 2.11. The number of esters is 1. The number of fused-ring (bicyclic) bond motifs is 2. The van der Waals surface area contributed by atoms with Crippen molar-refractivity contribution in [1.29, 1.82) is 5.26 Å². The number of benzene rings is 3. The molecule has 5 rings (SSSR count). The SMILES string of the molecule is CCOC(=O)CCOc1ccc(OCc2ccc3ccccc3n2)cc1COCc1ccc2nc(C#N)oc2c1. The second-order valence-electron chi connectivity index (χ2n) is 8.88. The number of carbonyl (C=O) groups is 1. The van der Waals surface area contributed by atoms with Gasteiger partial charge in [0.15, 0.2) is 11.7 Å². The van der Waals surface area contributed by atoms with Gasteiger partial charge in [-0.3, -0.25) is 4.79 Å². The molecule has 9 heteroatoms. The third kappa shape index (κ3) is 6.73. The molecule has 0 unspecified atom stereocenters. The average molecular weight is 538 g/mol. The number of rotatable bonds is 12. The first-order valence-corrected chi connectivity index (χ1v) is 12.9. The molecule has 0 saturated carbocycles. The number of para-hydroxylation sites is 1. The summed E-state index contributed by atoms with van der Waals surface area (Å²) in [6.07, 6.45) is 0.141. The quantitative estimate of drug-likeness (QED) is 0.180. The van der Waals surface area contributed by atoms with E-state index in [1.165, 1.54) is 0 Å². The largest absolute Gasteiger partial charge is 0.493 e. The molecule has 2 aromatic heterocycles. The van der Waals surface area contributed by atoms with Crippen LogP contribution in [0.5, 0.6) is 11.5 Å². The predicted molar refractivity (Wildman–Crippen MR) is 146 cm³/mol. The Balaban J connectivity index is 1.26. The van der Waals surface area contributed by atoms with Crippen molar-refractivity contribution in [3.63, 3.8) is 0 Å². The van der Waals surface area contributed by atoms with Crippen molar-refractivity contribution < 1.29 is 28.2 Å². The van der Waals surface area contributed by atoms with E-state index in [2.05, 4.69) is 9.97 Å². The van der Waals surface area contributed by atoms with Gasteiger partial charge in [-0.2, -0.15) is 10.2 Å². The monoisotopic (exact) mass is 537 g/mol. The van der Waals surface area contributed by atoms with Gasteiger partial charge in [-0.05, 0) is 55.0 Å². The minimum absolute atomic E-state index is 0.0216. The number of aromatic nitrogens is 2. The number of nitrogens with zero attached hydrogens (tertiary/aromatic N) is 3. The Hall–Kier alpha value is -4.94. The summed E-state index contributed by atoms with van der Waals surface area (Å²) in [5.41, 5.74) is 4.50. The third-order valence-corrected chi connectivity index (χ3v) is 6.02. The topological polar surface area (TPSA) is 117 Å². The number of hydrogen-bond acceptors (Lipinski definition) is 9. The number of hydrogen-bond donors (Lipinski definition) is 0. The number of nitriles is 1. The van der Waals surface area contributed by atoms with E-state index in [4.69, 9.17) is 28.6 Å². The second kappa shape index (κ2) is 12.7. The molecule has 0 spiro atoms. The van der Waals surface area contributed by atoms with Crippen LogP contribution < -0.4 is 9.47 Å². The second-order valence-corrected chi connectivity index (χ2v) is 8.88. The van der Waals surface area contributed by atoms with E-state index >= 15 is 0 Å². The lowest BCUT2D eigenvalue weighted by Crippen LogP contribution is -2.10. The summed E-state index contributed by atoms with van der Waals surface area (Å²) in [6.45, 7) is 3.11. The molecule has 0 aliphatic heterocycles. The molecule has 0 N–H and O–H groups in total. The highest BCUT2D eigenvalue weighted by Crippen LogP contribution is 2.27. The fourth-order valence-corrected chi connectivity index (χ4v) is 4.11. The average Bonchev–Trinajstić information content (AvgIpc) is 3.40. The molecule has 0 atom stereocenters. The van der Waals surface area contributed by atoms with Gasteiger partial charge in [0.1, 0.15) is 23.6 Å². The first-order valence-electron chi connectivity index (χ1n) is 12.9. The maximum absolute atomic E-state index is 11.7. The van der Waals surface area contributed by atoms with Gasteiger partial charge >= 0.3 is 11.9 Å². The molecule has 0 bridgehead atoms. The standard InChI is InChI=1S/C31H27N3O6/c1-2-37-31(35)13-14-38-28-12-10-25(39-20-24-9-8-22-5-3-4-6-26(22)33-24)16-23(28)19-36-18-21-7-11-27-29(15-21)40-30(17-32)34-27/h3-12,15-16H,2,13-14,18-20H2,1H3. The molecule has 0 aliphatic carbocycles. The zero-order valence-electron chi connectivity index (χ0n) is 22.0. The summed E-state index contributed by atoms with van der Waals surface area (Å²) >= 11 is 0. The van der Waals surface area contributed by atoms with Crippen LogP contribution in [0.3, 0.4) is 0 Å². The molecule has 9 nitrogen and oxygen atoms in total. The van der Waals surface area contributed by atoms with Gasteiger partial charge in [-0.1, -0.05) is 30.3 Å². The smallest absolute Gasteiger partial charge is 0.309 e. The Kier molecular flexibility index (Phi) is 8.49. The summed E-state index contributed by atoms with van der Waals surface area (Å²) in [4.78, 5) is 20.5. The van der Waals surface area contributed by atoms with E-state index in [1.54, 1.807) is 25.1 Å². The molecule has 3 aromatic carbocycles. The van der Waals surface area contributed by atoms with Crippen molar-refractivity contribution >= 4 is 28.0 Å². The van der Waals surface area contributed by atoms with Crippen LogP contribution in [0.2, 0.25) is 0 Å². The maximum Gasteiger partial charge on any atom is 0.309 e. The first-order chi connectivity index (χ1) is 19.6. The fraction of sp³-hybridized carbons (Fsp3) is 0.226. The van der Waals surface area contributed by atoms with Crippen LogP contribution in [0, 0.1) is 11.3 Å². The van der Waals surface area contributed by atoms with Crippen molar-refractivity contribution in [1.82, 2.24) is 9.97 Å². The number of ether oxygens (including phenoxy) is 4. The van der Waals surface area contributed by atoms with Gasteiger partial charge in [0.2, 0.25) is 0 Å². The van der Waals surface area contributed by atoms with Crippen molar-refractivity contribution in [3.8, 4) is 17.6 Å². The lowest BCUT2D eigenvalue weighted by Gasteiger charge is -2.14. The number of pyridine rings is 1. The molecule has 0 saturated heterocycles. The van der Waals surface area contributed by atoms with Crippen LogP contribution in [-0.4, -0.2) is 29.2 Å². The van der Waals surface area contributed by atoms with Gasteiger partial charge in [-0.25, -0.2) is 4.98 Å². The molecule has 2 heterocycles. The molecule has 0 fully saturated rings. The Bertz CT molecular complexity index is 1670. The molecule has 40 heavy (non-hydrogen) atoms. The van der Waals surface area contributed by atoms with E-state index < -0.39 is 0 Å². The molecule has 0 amide bonds. The van der Waals surface area contributed by atoms with E-state index in [1.807, 2.05) is 60.7 Å². The summed E-state index contributed by atoms with van der Waals surface area (Å²) in [7, 11) is 0. The lowest BCUT2D eigenvalue weighted by molar-refractivity contribution is -0.143. The summed E-state index contributed by atoms with van der Waals surface area (Å²) in [6, 6.07) is 24.8. The third-order valence-electron chi connectivity index (χ3n) is 6.02. The van der Waals surface area contributed by atoms with Gasteiger partial charge in [-0.15, -0.1) is 0 Å². The van der Waals surface area contributed by atoms with Crippen LogP contribution >= 0.6 is 0 Å². The highest BCUT2D eigenvalue weighted by molar-refractivity contribution is 5.78. The minimum Gasteiger partial charge on any atom is -0.493 e. The molecule has 5 aromatic rings. The van der Waals surface area contributed by atoms with Crippen LogP contribution in [0.15, 0.2) is 77.2 Å². The summed E-state index contributed by atoms with van der Waals surface area (Å²) in [5.74, 6) is 0.933. The normalized spacial score (nSPS) is 10.9. The highest BCUT2D eigenvalue weighted by atomic mass is 16.5. The zero-order chi connectivity index (χ0) is 27.7. The number of oxazole rings is 1. The van der Waals surface area contributed by atoms with E-state index in [0.29, 0.717) is 42.4 Å². The maximum atomic E-state index is 11.7. The van der Waals surface area contributed by atoms with Crippen molar-refractivity contribution in [3.05, 3.63) is 95.5 Å². The van der Waals surface area contributed by atoms with Crippen molar-refractivity contribution in [2.75, 3.05) is 13.2 Å². The fourth-order valence-electron chi connectivity index (χ4n) is 4.11. The Labute approximate surface area is 230 Å². The van der Waals surface area contributed by atoms with Gasteiger partial charge in [0.05, 0.1) is 44.1 Å². The molecule has 0 aliphatic rings. The van der Waals surface area contributed by atoms with Crippen LogP contribution in [0.4, 0.5) is 0 Å². The van der Waals surface area contributed by atoms with Crippen LogP contribution in [0.1, 0.15) is 36.1 Å². The molecule has 202 valence electrons. The van der Waals surface area contributed by atoms with Gasteiger partial charge in [0.25, 0.3) is 0 Å². The number of carbonyl (C=O) groups excluding carboxylic acids is 1. The van der Waals surface area contributed by atoms with Crippen molar-refractivity contribution in [2.45, 2.75) is 33.2 Å². The molecular weight excluding hydrogens is 510 g/mol. The van der Waals surface area contributed by atoms with Crippen LogP contribution in [-0.2, 0) is 34.1 Å². The van der Waals surface area contributed by atoms with Crippen LogP contribution in [0.25, 0.3) is 22.0 Å². The van der Waals surface area contributed by atoms with E-state index in [9.17, 15) is 4.79 Å². The minimum atomic E-state index is -0.314. The lowest BCUT2D eigenvalue weighted by atomic mass is 10.2. The van der Waals surface area contributed by atoms with Gasteiger partial charge in [0, 0.05) is 10.9 Å². The molecular formula is C31H27N3O6. The van der Waals surface area contributed by atoms with E-state index in [-0.39, 0.29) is 31.5 Å². The molecule has 0 radical (unpaired) electrons. The Morgan fingerprint density at radius 3 is 2.70 bits per heavy atom. The Morgan fingerprint density at radius 1 is 0.925 bits per heavy atom.